The molecule has 1 N–H and O–H groups in total. The Morgan fingerprint density at radius 3 is 2.21 bits per heavy atom. The third kappa shape index (κ3) is 1.66. The van der Waals surface area contributed by atoms with Crippen molar-refractivity contribution in [1.82, 2.24) is 4.98 Å². The van der Waals surface area contributed by atoms with Crippen LogP contribution in [0.25, 0.3) is 11.3 Å². The van der Waals surface area contributed by atoms with Crippen molar-refractivity contribution >= 4 is 11.6 Å². The molecule has 1 heterocycles. The topological polar surface area (TPSA) is 49.9 Å². The molecule has 0 saturated carbocycles. The van der Waals surface area contributed by atoms with E-state index in [4.69, 9.17) is 0 Å². The van der Waals surface area contributed by atoms with E-state index in [9.17, 15) is 9.59 Å². The van der Waals surface area contributed by atoms with Gasteiger partial charge in [0.2, 0.25) is 5.78 Å². The molecule has 0 spiro atoms. The third-order valence-corrected chi connectivity index (χ3v) is 3.62. The largest absolute Gasteiger partial charge is 0.351 e. The van der Waals surface area contributed by atoms with E-state index in [0.717, 1.165) is 11.3 Å². The number of rotatable bonds is 1. The Balaban J connectivity index is 2.17. The monoisotopic (exact) mass is 251 g/mol. The molecule has 0 bridgehead atoms. The predicted octanol–water partition coefficient (Wildman–Crippen LogP) is 3.40. The van der Waals surface area contributed by atoms with Crippen LogP contribution in [0.2, 0.25) is 0 Å². The van der Waals surface area contributed by atoms with E-state index in [-0.39, 0.29) is 11.6 Å². The van der Waals surface area contributed by atoms with E-state index in [2.05, 4.69) is 4.98 Å². The van der Waals surface area contributed by atoms with Crippen molar-refractivity contribution < 1.29 is 9.59 Å². The van der Waals surface area contributed by atoms with Crippen LogP contribution in [0.1, 0.15) is 34.7 Å². The van der Waals surface area contributed by atoms with Gasteiger partial charge >= 0.3 is 0 Å². The normalized spacial score (nSPS) is 14.8. The van der Waals surface area contributed by atoms with E-state index in [0.29, 0.717) is 22.4 Å². The first-order chi connectivity index (χ1) is 9.09. The van der Waals surface area contributed by atoms with E-state index >= 15 is 0 Å². The molecule has 1 aliphatic carbocycles. The van der Waals surface area contributed by atoms with Crippen LogP contribution in [0, 0.1) is 0 Å². The summed E-state index contributed by atoms with van der Waals surface area (Å²) in [4.78, 5) is 27.4. The van der Waals surface area contributed by atoms with Crippen molar-refractivity contribution in [3.63, 3.8) is 0 Å². The Hall–Kier alpha value is -2.42. The molecule has 0 aliphatic heterocycles. The summed E-state index contributed by atoms with van der Waals surface area (Å²) < 4.78 is 0. The van der Waals surface area contributed by atoms with Gasteiger partial charge in [0.1, 0.15) is 0 Å². The molecular weight excluding hydrogens is 238 g/mol. The van der Waals surface area contributed by atoms with Crippen LogP contribution in [-0.2, 0) is 0 Å². The lowest BCUT2D eigenvalue weighted by Gasteiger charge is -2.12. The molecule has 0 saturated heterocycles. The zero-order chi connectivity index (χ0) is 13.6. The van der Waals surface area contributed by atoms with Gasteiger partial charge in [-0.15, -0.1) is 0 Å². The smallest absolute Gasteiger partial charge is 0.206 e. The maximum Gasteiger partial charge on any atom is 0.206 e. The number of hydrogen-bond acceptors (Lipinski definition) is 2. The van der Waals surface area contributed by atoms with Crippen molar-refractivity contribution in [1.29, 1.82) is 0 Å². The fraction of sp³-hybridized carbons (Fsp3) is 0.125. The average Bonchev–Trinajstić information content (AvgIpc) is 2.89. The first kappa shape index (κ1) is 11.7. The highest BCUT2D eigenvalue weighted by Crippen LogP contribution is 2.29. The van der Waals surface area contributed by atoms with Crippen molar-refractivity contribution in [2.24, 2.45) is 0 Å². The second kappa shape index (κ2) is 4.05. The molecule has 3 rings (SSSR count). The van der Waals surface area contributed by atoms with Crippen LogP contribution in [-0.4, -0.2) is 16.6 Å². The minimum absolute atomic E-state index is 0.0643. The molecule has 0 fully saturated rings. The molecule has 3 heteroatoms. The van der Waals surface area contributed by atoms with Crippen molar-refractivity contribution in [2.75, 3.05) is 0 Å². The molecule has 0 atom stereocenters. The van der Waals surface area contributed by atoms with Gasteiger partial charge in [0.25, 0.3) is 0 Å². The maximum atomic E-state index is 12.2. The maximum absolute atomic E-state index is 12.2. The van der Waals surface area contributed by atoms with Crippen LogP contribution in [0.15, 0.2) is 47.5 Å². The van der Waals surface area contributed by atoms with Gasteiger partial charge in [-0.05, 0) is 25.5 Å². The summed E-state index contributed by atoms with van der Waals surface area (Å²) >= 11 is 0. The van der Waals surface area contributed by atoms with Gasteiger partial charge in [-0.25, -0.2) is 0 Å². The van der Waals surface area contributed by atoms with Gasteiger partial charge in [-0.1, -0.05) is 30.3 Å². The molecule has 94 valence electrons. The Labute approximate surface area is 111 Å². The molecule has 1 aromatic carbocycles. The summed E-state index contributed by atoms with van der Waals surface area (Å²) in [6.45, 7) is 3.40. The summed E-state index contributed by atoms with van der Waals surface area (Å²) in [6.07, 6.45) is 0. The van der Waals surface area contributed by atoms with Crippen LogP contribution in [0.4, 0.5) is 0 Å². The Kier molecular flexibility index (Phi) is 2.49. The van der Waals surface area contributed by atoms with E-state index < -0.39 is 0 Å². The lowest BCUT2D eigenvalue weighted by Crippen LogP contribution is -2.18. The highest BCUT2D eigenvalue weighted by molar-refractivity contribution is 6.26. The number of carbonyl (C=O) groups is 2. The standard InChI is InChI=1S/C16H13NO2/c1-9-10(2)16(19)14-12(15(9)18)8-13(17-14)11-6-4-3-5-7-11/h3-8,17H,1-2H3. The zero-order valence-electron chi connectivity index (χ0n) is 10.8. The van der Waals surface area contributed by atoms with Crippen molar-refractivity contribution in [3.8, 4) is 11.3 Å². The SMILES string of the molecule is CC1=C(C)C(=O)c2[nH]c(-c3ccccc3)cc2C1=O. The van der Waals surface area contributed by atoms with Gasteiger partial charge in [-0.3, -0.25) is 9.59 Å². The molecule has 0 unspecified atom stereocenters. The number of H-pyrrole nitrogens is 1. The molecule has 1 aliphatic rings. The van der Waals surface area contributed by atoms with Gasteiger partial charge < -0.3 is 4.98 Å². The lowest BCUT2D eigenvalue weighted by molar-refractivity contribution is 0.0973. The average molecular weight is 251 g/mol. The first-order valence-electron chi connectivity index (χ1n) is 6.15. The minimum atomic E-state index is -0.0886. The highest BCUT2D eigenvalue weighted by atomic mass is 16.1. The first-order valence-corrected chi connectivity index (χ1v) is 6.15. The van der Waals surface area contributed by atoms with Crippen LogP contribution in [0.5, 0.6) is 0 Å². The van der Waals surface area contributed by atoms with E-state index in [1.165, 1.54) is 0 Å². The molecule has 0 amide bonds. The number of aromatic amines is 1. The fourth-order valence-corrected chi connectivity index (χ4v) is 2.32. The van der Waals surface area contributed by atoms with Crippen LogP contribution in [0.3, 0.4) is 0 Å². The van der Waals surface area contributed by atoms with E-state index in [1.807, 2.05) is 30.3 Å². The van der Waals surface area contributed by atoms with Gasteiger partial charge in [-0.2, -0.15) is 0 Å². The summed E-state index contributed by atoms with van der Waals surface area (Å²) in [7, 11) is 0. The number of allylic oxidation sites excluding steroid dienone is 2. The number of aromatic nitrogens is 1. The van der Waals surface area contributed by atoms with Gasteiger partial charge in [0, 0.05) is 16.8 Å². The third-order valence-electron chi connectivity index (χ3n) is 3.62. The summed E-state index contributed by atoms with van der Waals surface area (Å²) in [5.41, 5.74) is 3.72. The van der Waals surface area contributed by atoms with Crippen LogP contribution >= 0.6 is 0 Å². The predicted molar refractivity (Wildman–Crippen MR) is 73.3 cm³/mol. The molecule has 1 aromatic heterocycles. The number of fused-ring (bicyclic) bond motifs is 1. The minimum Gasteiger partial charge on any atom is -0.351 e. The van der Waals surface area contributed by atoms with Gasteiger partial charge in [0.15, 0.2) is 5.78 Å². The number of Topliss-reactive ketones (excluding diaryl/α,β-unsaturated/α-hetero) is 2. The molecular formula is C16H13NO2. The number of carbonyl (C=O) groups excluding carboxylic acids is 2. The second-order valence-corrected chi connectivity index (χ2v) is 4.75. The number of hydrogen-bond donors (Lipinski definition) is 1. The quantitative estimate of drug-likeness (QED) is 0.844. The zero-order valence-corrected chi connectivity index (χ0v) is 10.8. The molecule has 3 nitrogen and oxygen atoms in total. The summed E-state index contributed by atoms with van der Waals surface area (Å²) in [5, 5.41) is 0. The second-order valence-electron chi connectivity index (χ2n) is 4.75. The van der Waals surface area contributed by atoms with Gasteiger partial charge in [0.05, 0.1) is 11.3 Å². The summed E-state index contributed by atoms with van der Waals surface area (Å²) in [6, 6.07) is 11.4. The Bertz CT molecular complexity index is 679. The number of benzene rings is 1. The Morgan fingerprint density at radius 2 is 1.53 bits per heavy atom. The molecule has 19 heavy (non-hydrogen) atoms. The highest BCUT2D eigenvalue weighted by Gasteiger charge is 2.29. The summed E-state index contributed by atoms with van der Waals surface area (Å²) in [5.74, 6) is -0.153. The van der Waals surface area contributed by atoms with Crippen molar-refractivity contribution in [2.45, 2.75) is 13.8 Å². The molecule has 2 aromatic rings. The molecule has 0 radical (unpaired) electrons. The van der Waals surface area contributed by atoms with E-state index in [1.54, 1.807) is 19.9 Å². The lowest BCUT2D eigenvalue weighted by atomic mass is 9.90. The van der Waals surface area contributed by atoms with Crippen LogP contribution < -0.4 is 0 Å². The van der Waals surface area contributed by atoms with Crippen molar-refractivity contribution in [3.05, 3.63) is 58.8 Å². The fourth-order valence-electron chi connectivity index (χ4n) is 2.32. The Morgan fingerprint density at radius 1 is 0.895 bits per heavy atom. The number of nitrogens with one attached hydrogen (secondary N) is 1. The number of ketones is 2.